The van der Waals surface area contributed by atoms with E-state index < -0.39 is 0 Å². The lowest BCUT2D eigenvalue weighted by Gasteiger charge is -2.06. The number of hydrogen-bond acceptors (Lipinski definition) is 3. The van der Waals surface area contributed by atoms with Crippen molar-refractivity contribution in [3.8, 4) is 0 Å². The van der Waals surface area contributed by atoms with Crippen molar-refractivity contribution in [2.45, 2.75) is 0 Å². The van der Waals surface area contributed by atoms with Gasteiger partial charge in [0.15, 0.2) is 5.11 Å². The molecule has 0 atom stereocenters. The lowest BCUT2D eigenvalue weighted by Crippen LogP contribution is -2.23. The Bertz CT molecular complexity index is 879. The van der Waals surface area contributed by atoms with Crippen LogP contribution in [-0.4, -0.2) is 16.3 Å². The van der Waals surface area contributed by atoms with Crippen molar-refractivity contribution in [2.75, 3.05) is 5.32 Å². The van der Waals surface area contributed by atoms with Crippen molar-refractivity contribution in [1.82, 2.24) is 10.4 Å². The number of halogens is 1. The van der Waals surface area contributed by atoms with Crippen molar-refractivity contribution >= 4 is 51.7 Å². The summed E-state index contributed by atoms with van der Waals surface area (Å²) in [5.41, 5.74) is 5.50. The molecule has 6 heteroatoms. The predicted molar refractivity (Wildman–Crippen MR) is 100 cm³/mol. The van der Waals surface area contributed by atoms with Crippen LogP contribution in [0.25, 0.3) is 10.9 Å². The molecule has 0 aliphatic heterocycles. The molecule has 0 fully saturated rings. The molecule has 1 aromatic heterocycles. The summed E-state index contributed by atoms with van der Waals surface area (Å²) in [5.74, 6) is 0. The monoisotopic (exact) mass is 340 g/mol. The zero-order valence-corrected chi connectivity index (χ0v) is 13.6. The van der Waals surface area contributed by atoms with Crippen molar-refractivity contribution in [3.63, 3.8) is 0 Å². The molecule has 1 heterocycles. The molecule has 114 valence electrons. The second-order valence-electron chi connectivity index (χ2n) is 4.79. The first-order valence-corrected chi connectivity index (χ1v) is 7.70. The van der Waals surface area contributed by atoms with Crippen LogP contribution in [0.5, 0.6) is 0 Å². The largest absolute Gasteiger partial charge is 0.331 e. The highest BCUT2D eigenvalue weighted by Gasteiger charge is 1.97. The second-order valence-corrected chi connectivity index (χ2v) is 5.63. The van der Waals surface area contributed by atoms with E-state index in [-0.39, 0.29) is 0 Å². The highest BCUT2D eigenvalue weighted by molar-refractivity contribution is 7.80. The molecular formula is C17H13ClN4S. The molecular weight excluding hydrogens is 328 g/mol. The molecule has 0 bridgehead atoms. The first kappa shape index (κ1) is 15.4. The Morgan fingerprint density at radius 3 is 2.91 bits per heavy atom. The van der Waals surface area contributed by atoms with E-state index in [2.05, 4.69) is 20.8 Å². The Hall–Kier alpha value is -2.50. The molecule has 2 aromatic carbocycles. The molecule has 0 aliphatic rings. The van der Waals surface area contributed by atoms with E-state index in [9.17, 15) is 0 Å². The lowest BCUT2D eigenvalue weighted by atomic mass is 10.1. The van der Waals surface area contributed by atoms with E-state index in [1.54, 1.807) is 24.5 Å². The maximum Gasteiger partial charge on any atom is 0.191 e. The smallest absolute Gasteiger partial charge is 0.191 e. The summed E-state index contributed by atoms with van der Waals surface area (Å²) in [4.78, 5) is 4.28. The van der Waals surface area contributed by atoms with Gasteiger partial charge in [0.25, 0.3) is 0 Å². The third kappa shape index (κ3) is 4.25. The Kier molecular flexibility index (Phi) is 4.80. The number of pyridine rings is 1. The topological polar surface area (TPSA) is 49.3 Å². The first-order valence-electron chi connectivity index (χ1n) is 6.91. The summed E-state index contributed by atoms with van der Waals surface area (Å²) in [7, 11) is 0. The standard InChI is InChI=1S/C17H13ClN4S/c18-14-4-1-5-15(10-14)21-17(23)22-20-11-12-6-7-16-13(9-12)3-2-8-19-16/h1-11H,(H2,21,22,23)/b20-11+. The van der Waals surface area contributed by atoms with Gasteiger partial charge in [-0.05, 0) is 54.2 Å². The van der Waals surface area contributed by atoms with Gasteiger partial charge in [0, 0.05) is 22.3 Å². The molecule has 23 heavy (non-hydrogen) atoms. The van der Waals surface area contributed by atoms with E-state index in [1.165, 1.54) is 0 Å². The minimum Gasteiger partial charge on any atom is -0.331 e. The Labute approximate surface area is 144 Å². The van der Waals surface area contributed by atoms with Gasteiger partial charge < -0.3 is 5.32 Å². The van der Waals surface area contributed by atoms with Gasteiger partial charge in [0.05, 0.1) is 11.7 Å². The number of thiocarbonyl (C=S) groups is 1. The SMILES string of the molecule is S=C(N/N=C/c1ccc2ncccc2c1)Nc1cccc(Cl)c1. The molecule has 3 aromatic rings. The second kappa shape index (κ2) is 7.17. The Balaban J connectivity index is 1.62. The van der Waals surface area contributed by atoms with Gasteiger partial charge in [0.1, 0.15) is 0 Å². The Morgan fingerprint density at radius 2 is 2.04 bits per heavy atom. The van der Waals surface area contributed by atoms with E-state index in [0.717, 1.165) is 22.2 Å². The molecule has 0 spiro atoms. The number of nitrogens with one attached hydrogen (secondary N) is 2. The maximum atomic E-state index is 5.92. The summed E-state index contributed by atoms with van der Waals surface area (Å²) in [6, 6.07) is 17.2. The van der Waals surface area contributed by atoms with Gasteiger partial charge in [-0.2, -0.15) is 5.10 Å². The van der Waals surface area contributed by atoms with Crippen LogP contribution in [0.15, 0.2) is 65.9 Å². The number of anilines is 1. The number of hydrazone groups is 1. The lowest BCUT2D eigenvalue weighted by molar-refractivity contribution is 1.05. The third-order valence-electron chi connectivity index (χ3n) is 3.09. The molecule has 0 radical (unpaired) electrons. The predicted octanol–water partition coefficient (Wildman–Crippen LogP) is 4.21. The molecule has 0 amide bonds. The summed E-state index contributed by atoms with van der Waals surface area (Å²) in [6.45, 7) is 0. The molecule has 0 aliphatic carbocycles. The van der Waals surface area contributed by atoms with Crippen LogP contribution >= 0.6 is 23.8 Å². The maximum absolute atomic E-state index is 5.92. The van der Waals surface area contributed by atoms with E-state index in [1.807, 2.05) is 42.5 Å². The number of benzene rings is 2. The molecule has 0 saturated heterocycles. The molecule has 2 N–H and O–H groups in total. The van der Waals surface area contributed by atoms with Crippen LogP contribution in [0.1, 0.15) is 5.56 Å². The van der Waals surface area contributed by atoms with E-state index in [0.29, 0.717) is 10.1 Å². The fourth-order valence-corrected chi connectivity index (χ4v) is 2.43. The number of hydrogen-bond donors (Lipinski definition) is 2. The van der Waals surface area contributed by atoms with Crippen LogP contribution in [0.4, 0.5) is 5.69 Å². The van der Waals surface area contributed by atoms with Crippen LogP contribution in [0, 0.1) is 0 Å². The molecule has 0 unspecified atom stereocenters. The fraction of sp³-hybridized carbons (Fsp3) is 0. The number of fused-ring (bicyclic) bond motifs is 1. The molecule has 3 rings (SSSR count). The minimum atomic E-state index is 0.394. The minimum absolute atomic E-state index is 0.394. The van der Waals surface area contributed by atoms with Crippen molar-refractivity contribution in [2.24, 2.45) is 5.10 Å². The highest BCUT2D eigenvalue weighted by Crippen LogP contribution is 2.14. The van der Waals surface area contributed by atoms with Crippen LogP contribution in [-0.2, 0) is 0 Å². The van der Waals surface area contributed by atoms with Crippen LogP contribution in [0.3, 0.4) is 0 Å². The zero-order chi connectivity index (χ0) is 16.1. The third-order valence-corrected chi connectivity index (χ3v) is 3.52. The molecule has 4 nitrogen and oxygen atoms in total. The quantitative estimate of drug-likeness (QED) is 0.426. The summed E-state index contributed by atoms with van der Waals surface area (Å²) < 4.78 is 0. The molecule has 0 saturated carbocycles. The fourth-order valence-electron chi connectivity index (χ4n) is 2.07. The highest BCUT2D eigenvalue weighted by atomic mass is 35.5. The first-order chi connectivity index (χ1) is 11.2. The normalized spacial score (nSPS) is 10.8. The summed E-state index contributed by atoms with van der Waals surface area (Å²) in [6.07, 6.45) is 3.48. The summed E-state index contributed by atoms with van der Waals surface area (Å²) >= 11 is 11.1. The van der Waals surface area contributed by atoms with Gasteiger partial charge in [0.2, 0.25) is 0 Å². The van der Waals surface area contributed by atoms with Crippen molar-refractivity contribution in [3.05, 3.63) is 71.4 Å². The van der Waals surface area contributed by atoms with Crippen molar-refractivity contribution < 1.29 is 0 Å². The van der Waals surface area contributed by atoms with E-state index in [4.69, 9.17) is 23.8 Å². The zero-order valence-electron chi connectivity index (χ0n) is 12.0. The average Bonchev–Trinajstić information content (AvgIpc) is 2.55. The van der Waals surface area contributed by atoms with Gasteiger partial charge in [-0.1, -0.05) is 29.8 Å². The Morgan fingerprint density at radius 1 is 1.13 bits per heavy atom. The average molecular weight is 341 g/mol. The number of rotatable bonds is 3. The van der Waals surface area contributed by atoms with Crippen LogP contribution < -0.4 is 10.7 Å². The summed E-state index contributed by atoms with van der Waals surface area (Å²) in [5, 5.41) is 9.25. The number of nitrogens with zero attached hydrogens (tertiary/aromatic N) is 2. The van der Waals surface area contributed by atoms with Crippen molar-refractivity contribution in [1.29, 1.82) is 0 Å². The van der Waals surface area contributed by atoms with Gasteiger partial charge in [-0.15, -0.1) is 0 Å². The van der Waals surface area contributed by atoms with Gasteiger partial charge in [-0.3, -0.25) is 10.4 Å². The van der Waals surface area contributed by atoms with Gasteiger partial charge in [-0.25, -0.2) is 0 Å². The van der Waals surface area contributed by atoms with Gasteiger partial charge >= 0.3 is 0 Å². The number of aromatic nitrogens is 1. The van der Waals surface area contributed by atoms with Crippen LogP contribution in [0.2, 0.25) is 5.02 Å². The van der Waals surface area contributed by atoms with E-state index >= 15 is 0 Å².